The van der Waals surface area contributed by atoms with Gasteiger partial charge in [-0.2, -0.15) is 5.10 Å². The lowest BCUT2D eigenvalue weighted by Gasteiger charge is -2.03. The van der Waals surface area contributed by atoms with Gasteiger partial charge in [-0.15, -0.1) is 0 Å². The maximum Gasteiger partial charge on any atom is 0.272 e. The van der Waals surface area contributed by atoms with Crippen molar-refractivity contribution in [2.75, 3.05) is 0 Å². The van der Waals surface area contributed by atoms with Crippen LogP contribution in [0.4, 0.5) is 0 Å². The molecule has 0 aliphatic rings. The third-order valence-electron chi connectivity index (χ3n) is 2.52. The van der Waals surface area contributed by atoms with Crippen molar-refractivity contribution in [3.05, 3.63) is 57.8 Å². The number of carbonyl (C=O) groups excluding carboxylic acids is 1. The molecule has 0 fully saturated rings. The predicted octanol–water partition coefficient (Wildman–Crippen LogP) is 3.10. The molecule has 0 aliphatic carbocycles. The number of rotatable bonds is 3. The molecule has 2 aromatic rings. The largest absolute Gasteiger partial charge is 0.350 e. The van der Waals surface area contributed by atoms with Gasteiger partial charge in [-0.1, -0.05) is 23.2 Å². The average molecular weight is 296 g/mol. The summed E-state index contributed by atoms with van der Waals surface area (Å²) in [7, 11) is 1.89. The monoisotopic (exact) mass is 295 g/mol. The number of hydrogen-bond acceptors (Lipinski definition) is 2. The van der Waals surface area contributed by atoms with Crippen LogP contribution in [0.5, 0.6) is 0 Å². The van der Waals surface area contributed by atoms with Crippen molar-refractivity contribution in [1.29, 1.82) is 0 Å². The number of hydrogen-bond donors (Lipinski definition) is 1. The Morgan fingerprint density at radius 1 is 1.37 bits per heavy atom. The molecule has 0 saturated carbocycles. The van der Waals surface area contributed by atoms with Crippen LogP contribution in [0.3, 0.4) is 0 Å². The Hall–Kier alpha value is -1.78. The second kappa shape index (κ2) is 5.91. The first-order valence-corrected chi connectivity index (χ1v) is 6.23. The Bertz CT molecular complexity index is 635. The Kier molecular flexibility index (Phi) is 4.24. The van der Waals surface area contributed by atoms with Crippen LogP contribution in [0.25, 0.3) is 0 Å². The minimum absolute atomic E-state index is 0.291. The zero-order valence-electron chi connectivity index (χ0n) is 10.1. The summed E-state index contributed by atoms with van der Waals surface area (Å²) in [5.41, 5.74) is 3.62. The third-order valence-corrected chi connectivity index (χ3v) is 3.07. The number of benzene rings is 1. The first kappa shape index (κ1) is 13.6. The van der Waals surface area contributed by atoms with Gasteiger partial charge in [-0.3, -0.25) is 4.79 Å². The molecule has 98 valence electrons. The summed E-state index contributed by atoms with van der Waals surface area (Å²) in [6.07, 6.45) is 3.45. The van der Waals surface area contributed by atoms with E-state index in [0.29, 0.717) is 15.6 Å². The van der Waals surface area contributed by atoms with E-state index in [4.69, 9.17) is 23.2 Å². The van der Waals surface area contributed by atoms with Crippen LogP contribution in [0.1, 0.15) is 16.1 Å². The van der Waals surface area contributed by atoms with Crippen LogP contribution in [0, 0.1) is 0 Å². The molecule has 0 aliphatic heterocycles. The standard InChI is InChI=1S/C13H11Cl2N3O/c1-18-6-2-3-10(18)8-16-17-13(19)11-5-4-9(14)7-12(11)15/h2-8H,1H3,(H,17,19)/b16-8+. The molecular formula is C13H11Cl2N3O. The molecule has 0 spiro atoms. The average Bonchev–Trinajstić information content (AvgIpc) is 2.75. The number of amides is 1. The molecule has 1 aromatic heterocycles. The van der Waals surface area contributed by atoms with Gasteiger partial charge in [0.05, 0.1) is 22.5 Å². The molecule has 0 atom stereocenters. The van der Waals surface area contributed by atoms with E-state index in [1.54, 1.807) is 18.3 Å². The quantitative estimate of drug-likeness (QED) is 0.686. The predicted molar refractivity (Wildman–Crippen MR) is 76.9 cm³/mol. The highest BCUT2D eigenvalue weighted by atomic mass is 35.5. The highest BCUT2D eigenvalue weighted by Gasteiger charge is 2.09. The third kappa shape index (κ3) is 3.36. The summed E-state index contributed by atoms with van der Waals surface area (Å²) in [5, 5.41) is 4.65. The Morgan fingerprint density at radius 2 is 2.16 bits per heavy atom. The molecular weight excluding hydrogens is 285 g/mol. The molecule has 0 radical (unpaired) electrons. The van der Waals surface area contributed by atoms with Crippen LogP contribution in [-0.2, 0) is 7.05 Å². The molecule has 1 aromatic carbocycles. The fraction of sp³-hybridized carbons (Fsp3) is 0.0769. The molecule has 0 unspecified atom stereocenters. The maximum absolute atomic E-state index is 11.8. The highest BCUT2D eigenvalue weighted by Crippen LogP contribution is 2.20. The van der Waals surface area contributed by atoms with Crippen molar-refractivity contribution < 1.29 is 4.79 Å². The number of halogens is 2. The summed E-state index contributed by atoms with van der Waals surface area (Å²) in [6.45, 7) is 0. The highest BCUT2D eigenvalue weighted by molar-refractivity contribution is 6.36. The van der Waals surface area contributed by atoms with Crippen molar-refractivity contribution in [3.8, 4) is 0 Å². The van der Waals surface area contributed by atoms with Gasteiger partial charge < -0.3 is 4.57 Å². The van der Waals surface area contributed by atoms with Gasteiger partial charge in [-0.05, 0) is 30.3 Å². The summed E-state index contributed by atoms with van der Waals surface area (Å²) in [6, 6.07) is 8.43. The van der Waals surface area contributed by atoms with Crippen molar-refractivity contribution in [2.45, 2.75) is 0 Å². The van der Waals surface area contributed by atoms with E-state index in [-0.39, 0.29) is 5.91 Å². The van der Waals surface area contributed by atoms with Gasteiger partial charge in [0.25, 0.3) is 5.91 Å². The number of aryl methyl sites for hydroxylation is 1. The molecule has 6 heteroatoms. The van der Waals surface area contributed by atoms with Gasteiger partial charge in [-0.25, -0.2) is 5.43 Å². The molecule has 1 heterocycles. The summed E-state index contributed by atoms with van der Waals surface area (Å²) >= 11 is 11.7. The van der Waals surface area contributed by atoms with Gasteiger partial charge in [0.2, 0.25) is 0 Å². The lowest BCUT2D eigenvalue weighted by molar-refractivity contribution is 0.0955. The van der Waals surface area contributed by atoms with Crippen LogP contribution >= 0.6 is 23.2 Å². The van der Waals surface area contributed by atoms with E-state index >= 15 is 0 Å². The Morgan fingerprint density at radius 3 is 2.79 bits per heavy atom. The van der Waals surface area contributed by atoms with Gasteiger partial charge in [0, 0.05) is 18.3 Å². The zero-order chi connectivity index (χ0) is 13.8. The van der Waals surface area contributed by atoms with Crippen LogP contribution in [0.2, 0.25) is 10.0 Å². The number of nitrogens with one attached hydrogen (secondary N) is 1. The number of aromatic nitrogens is 1. The van der Waals surface area contributed by atoms with Gasteiger partial charge in [0.15, 0.2) is 0 Å². The number of nitrogens with zero attached hydrogens (tertiary/aromatic N) is 2. The topological polar surface area (TPSA) is 46.4 Å². The maximum atomic E-state index is 11.8. The molecule has 2 rings (SSSR count). The zero-order valence-corrected chi connectivity index (χ0v) is 11.6. The smallest absolute Gasteiger partial charge is 0.272 e. The lowest BCUT2D eigenvalue weighted by atomic mass is 10.2. The minimum Gasteiger partial charge on any atom is -0.350 e. The SMILES string of the molecule is Cn1cccc1/C=N/NC(=O)c1ccc(Cl)cc1Cl. The second-order valence-electron chi connectivity index (χ2n) is 3.87. The minimum atomic E-state index is -0.382. The van der Waals surface area contributed by atoms with Crippen molar-refractivity contribution in [1.82, 2.24) is 9.99 Å². The van der Waals surface area contributed by atoms with E-state index in [2.05, 4.69) is 10.5 Å². The summed E-state index contributed by atoms with van der Waals surface area (Å²) in [5.74, 6) is -0.382. The molecule has 0 saturated heterocycles. The van der Waals surface area contributed by atoms with Crippen LogP contribution < -0.4 is 5.43 Å². The first-order chi connectivity index (χ1) is 9.08. The van der Waals surface area contributed by atoms with E-state index in [9.17, 15) is 4.79 Å². The van der Waals surface area contributed by atoms with Crippen LogP contribution in [0.15, 0.2) is 41.6 Å². The van der Waals surface area contributed by atoms with E-state index in [1.165, 1.54) is 6.07 Å². The van der Waals surface area contributed by atoms with Crippen LogP contribution in [-0.4, -0.2) is 16.7 Å². The van der Waals surface area contributed by atoms with E-state index in [1.807, 2.05) is 29.9 Å². The van der Waals surface area contributed by atoms with E-state index in [0.717, 1.165) is 5.69 Å². The summed E-state index contributed by atoms with van der Waals surface area (Å²) < 4.78 is 1.88. The van der Waals surface area contributed by atoms with Crippen molar-refractivity contribution in [3.63, 3.8) is 0 Å². The molecule has 1 amide bonds. The van der Waals surface area contributed by atoms with Gasteiger partial charge >= 0.3 is 0 Å². The van der Waals surface area contributed by atoms with Crippen molar-refractivity contribution >= 4 is 35.3 Å². The normalized spacial score (nSPS) is 10.9. The van der Waals surface area contributed by atoms with E-state index < -0.39 is 0 Å². The van der Waals surface area contributed by atoms with Gasteiger partial charge in [0.1, 0.15) is 0 Å². The lowest BCUT2D eigenvalue weighted by Crippen LogP contribution is -2.18. The number of carbonyl (C=O) groups is 1. The summed E-state index contributed by atoms with van der Waals surface area (Å²) in [4.78, 5) is 11.8. The Balaban J connectivity index is 2.06. The first-order valence-electron chi connectivity index (χ1n) is 5.47. The fourth-order valence-electron chi connectivity index (χ4n) is 1.50. The molecule has 0 bridgehead atoms. The van der Waals surface area contributed by atoms with Crippen molar-refractivity contribution in [2.24, 2.45) is 12.1 Å². The second-order valence-corrected chi connectivity index (χ2v) is 4.71. The fourth-order valence-corrected chi connectivity index (χ4v) is 1.99. The number of hydrazone groups is 1. The Labute approximate surface area is 120 Å². The molecule has 19 heavy (non-hydrogen) atoms. The molecule has 4 nitrogen and oxygen atoms in total. The molecule has 1 N–H and O–H groups in total.